The Labute approximate surface area is 163 Å². The fourth-order valence-electron chi connectivity index (χ4n) is 3.72. The maximum absolute atomic E-state index is 11.2. The lowest BCUT2D eigenvalue weighted by Crippen LogP contribution is -2.46. The van der Waals surface area contributed by atoms with Crippen molar-refractivity contribution in [3.05, 3.63) is 36.1 Å². The molecule has 0 aromatic heterocycles. The number of allylic oxidation sites excluding steroid dienone is 3. The number of hydrogen-bond donors (Lipinski definition) is 2. The molecule has 2 N–H and O–H groups in total. The fourth-order valence-corrected chi connectivity index (χ4v) is 3.72. The number of amides is 1. The predicted molar refractivity (Wildman–Crippen MR) is 110 cm³/mol. The van der Waals surface area contributed by atoms with Gasteiger partial charge in [0.05, 0.1) is 12.1 Å². The number of rotatable bonds is 11. The molecule has 0 aliphatic carbocycles. The van der Waals surface area contributed by atoms with E-state index in [1.807, 2.05) is 12.2 Å². The zero-order valence-electron chi connectivity index (χ0n) is 16.9. The van der Waals surface area contributed by atoms with E-state index in [1.165, 1.54) is 18.9 Å². The van der Waals surface area contributed by atoms with Crippen molar-refractivity contribution in [1.29, 1.82) is 0 Å². The molecular formula is C21H34N4O2. The van der Waals surface area contributed by atoms with Crippen molar-refractivity contribution in [2.45, 2.75) is 65.0 Å². The second-order valence-corrected chi connectivity index (χ2v) is 7.24. The van der Waals surface area contributed by atoms with E-state index in [0.29, 0.717) is 12.1 Å². The molecule has 2 rings (SSSR count). The van der Waals surface area contributed by atoms with Crippen molar-refractivity contribution in [2.75, 3.05) is 19.6 Å². The number of fused-ring (bicyclic) bond motifs is 1. The van der Waals surface area contributed by atoms with Gasteiger partial charge in [-0.05, 0) is 56.2 Å². The molecule has 2 aliphatic rings. The van der Waals surface area contributed by atoms with Crippen LogP contribution in [0.4, 0.5) is 0 Å². The van der Waals surface area contributed by atoms with Crippen LogP contribution in [-0.2, 0) is 4.79 Å². The minimum Gasteiger partial charge on any atom is -0.327 e. The van der Waals surface area contributed by atoms with Crippen molar-refractivity contribution >= 4 is 11.7 Å². The summed E-state index contributed by atoms with van der Waals surface area (Å²) in [5.74, 6) is 0.439. The Morgan fingerprint density at radius 1 is 1.30 bits per heavy atom. The van der Waals surface area contributed by atoms with Gasteiger partial charge in [0.15, 0.2) is 0 Å². The summed E-state index contributed by atoms with van der Waals surface area (Å²) in [5, 5.41) is 8.61. The van der Waals surface area contributed by atoms with Crippen LogP contribution in [0.25, 0.3) is 0 Å². The normalized spacial score (nSPS) is 21.6. The van der Waals surface area contributed by atoms with Gasteiger partial charge in [-0.1, -0.05) is 33.6 Å². The van der Waals surface area contributed by atoms with E-state index in [-0.39, 0.29) is 0 Å². The van der Waals surface area contributed by atoms with Gasteiger partial charge in [-0.15, -0.1) is 0 Å². The molecule has 0 saturated heterocycles. The number of carbonyl (C=O) groups excluding carboxylic acids is 1. The van der Waals surface area contributed by atoms with Crippen molar-refractivity contribution in [1.82, 2.24) is 15.3 Å². The largest absolute Gasteiger partial charge is 0.327 e. The molecule has 150 valence electrons. The first-order chi connectivity index (χ1) is 13.1. The number of carbonyl (C=O) groups is 1. The van der Waals surface area contributed by atoms with Gasteiger partial charge in [0.1, 0.15) is 5.84 Å². The summed E-state index contributed by atoms with van der Waals surface area (Å²) < 4.78 is 0. The first kappa shape index (κ1) is 21.4. The lowest BCUT2D eigenvalue weighted by atomic mass is 10.0. The third-order valence-electron chi connectivity index (χ3n) is 5.00. The summed E-state index contributed by atoms with van der Waals surface area (Å²) in [6, 6.07) is 0.671. The predicted octanol–water partition coefficient (Wildman–Crippen LogP) is 3.27. The van der Waals surface area contributed by atoms with Crippen LogP contribution in [0.2, 0.25) is 0 Å². The number of unbranched alkanes of at least 4 members (excludes halogenated alkanes) is 1. The highest BCUT2D eigenvalue weighted by atomic mass is 16.5. The molecule has 0 spiro atoms. The quantitative estimate of drug-likeness (QED) is 0.331. The molecule has 2 unspecified atom stereocenters. The SMILES string of the molecule is CCCCC1N=C2C=C(/C=C/C(=O)NO)C=CN2C1CN(CCC)CCC. The minimum atomic E-state index is -0.534. The van der Waals surface area contributed by atoms with Crippen LogP contribution in [-0.4, -0.2) is 58.5 Å². The Morgan fingerprint density at radius 2 is 2.04 bits per heavy atom. The molecule has 0 aromatic carbocycles. The highest BCUT2D eigenvalue weighted by Gasteiger charge is 2.35. The Morgan fingerprint density at radius 3 is 2.67 bits per heavy atom. The lowest BCUT2D eigenvalue weighted by Gasteiger charge is -2.33. The van der Waals surface area contributed by atoms with E-state index in [1.54, 1.807) is 11.6 Å². The van der Waals surface area contributed by atoms with E-state index in [2.05, 4.69) is 36.8 Å². The monoisotopic (exact) mass is 374 g/mol. The average Bonchev–Trinajstić information content (AvgIpc) is 3.01. The molecule has 2 heterocycles. The van der Waals surface area contributed by atoms with Gasteiger partial charge in [-0.3, -0.25) is 15.0 Å². The second-order valence-electron chi connectivity index (χ2n) is 7.24. The molecule has 6 heteroatoms. The van der Waals surface area contributed by atoms with Gasteiger partial charge in [-0.25, -0.2) is 5.48 Å². The molecular weight excluding hydrogens is 340 g/mol. The molecule has 0 saturated carbocycles. The number of amidine groups is 1. The summed E-state index contributed by atoms with van der Waals surface area (Å²) in [5.41, 5.74) is 2.52. The van der Waals surface area contributed by atoms with E-state index in [9.17, 15) is 4.79 Å². The van der Waals surface area contributed by atoms with Crippen LogP contribution in [0.5, 0.6) is 0 Å². The smallest absolute Gasteiger partial charge is 0.267 e. The summed E-state index contributed by atoms with van der Waals surface area (Å²) in [7, 11) is 0. The second kappa shape index (κ2) is 11.0. The highest BCUT2D eigenvalue weighted by Crippen LogP contribution is 2.27. The number of nitrogens with zero attached hydrogens (tertiary/aromatic N) is 3. The van der Waals surface area contributed by atoms with E-state index >= 15 is 0 Å². The van der Waals surface area contributed by atoms with Crippen molar-refractivity contribution in [3.63, 3.8) is 0 Å². The van der Waals surface area contributed by atoms with Crippen LogP contribution in [0.15, 0.2) is 41.1 Å². The van der Waals surface area contributed by atoms with Crippen LogP contribution >= 0.6 is 0 Å². The zero-order chi connectivity index (χ0) is 19.6. The van der Waals surface area contributed by atoms with Crippen LogP contribution < -0.4 is 5.48 Å². The van der Waals surface area contributed by atoms with Gasteiger partial charge in [-0.2, -0.15) is 0 Å². The Hall–Kier alpha value is -1.92. The van der Waals surface area contributed by atoms with Crippen molar-refractivity contribution < 1.29 is 10.0 Å². The van der Waals surface area contributed by atoms with E-state index < -0.39 is 5.91 Å². The molecule has 6 nitrogen and oxygen atoms in total. The first-order valence-electron chi connectivity index (χ1n) is 10.2. The fraction of sp³-hybridized carbons (Fsp3) is 0.619. The van der Waals surface area contributed by atoms with E-state index in [0.717, 1.165) is 50.3 Å². The summed E-state index contributed by atoms with van der Waals surface area (Å²) in [4.78, 5) is 21.1. The van der Waals surface area contributed by atoms with E-state index in [4.69, 9.17) is 10.2 Å². The standard InChI is InChI=1S/C21H34N4O2/c1-4-7-8-18-19(16-24(12-5-2)13-6-3)25-14-11-17(15-20(25)22-18)9-10-21(26)23-27/h9-11,14-15,18-19,27H,4-8,12-13,16H2,1-3H3,(H,23,26)/b10-9+. The van der Waals surface area contributed by atoms with Crippen LogP contribution in [0.1, 0.15) is 52.9 Å². The molecule has 2 aliphatic heterocycles. The third-order valence-corrected chi connectivity index (χ3v) is 5.00. The van der Waals surface area contributed by atoms with Gasteiger partial charge in [0.25, 0.3) is 5.91 Å². The molecule has 0 aromatic rings. The van der Waals surface area contributed by atoms with Gasteiger partial charge >= 0.3 is 0 Å². The van der Waals surface area contributed by atoms with Crippen molar-refractivity contribution in [2.24, 2.45) is 4.99 Å². The van der Waals surface area contributed by atoms with Crippen molar-refractivity contribution in [3.8, 4) is 0 Å². The molecule has 1 amide bonds. The minimum absolute atomic E-state index is 0.307. The van der Waals surface area contributed by atoms with Gasteiger partial charge in [0.2, 0.25) is 0 Å². The number of nitrogens with one attached hydrogen (secondary N) is 1. The maximum Gasteiger partial charge on any atom is 0.267 e. The lowest BCUT2D eigenvalue weighted by molar-refractivity contribution is -0.124. The molecule has 0 bridgehead atoms. The summed E-state index contributed by atoms with van der Waals surface area (Å²) in [6.07, 6.45) is 14.9. The Balaban J connectivity index is 2.15. The topological polar surface area (TPSA) is 68.2 Å². The van der Waals surface area contributed by atoms with Gasteiger partial charge in [0, 0.05) is 18.8 Å². The molecule has 2 atom stereocenters. The summed E-state index contributed by atoms with van der Waals surface area (Å²) >= 11 is 0. The average molecular weight is 375 g/mol. The Bertz CT molecular complexity index is 603. The van der Waals surface area contributed by atoms with Crippen LogP contribution in [0.3, 0.4) is 0 Å². The molecule has 0 fully saturated rings. The third kappa shape index (κ3) is 6.04. The zero-order valence-corrected chi connectivity index (χ0v) is 16.9. The maximum atomic E-state index is 11.2. The number of aliphatic imine (C=N–C) groups is 1. The molecule has 27 heavy (non-hydrogen) atoms. The number of hydrogen-bond acceptors (Lipinski definition) is 5. The molecule has 0 radical (unpaired) electrons. The number of hydroxylamine groups is 1. The van der Waals surface area contributed by atoms with Gasteiger partial charge < -0.3 is 9.80 Å². The van der Waals surface area contributed by atoms with Crippen LogP contribution in [0, 0.1) is 0 Å². The first-order valence-corrected chi connectivity index (χ1v) is 10.2. The Kier molecular flexibility index (Phi) is 8.75. The highest BCUT2D eigenvalue weighted by molar-refractivity contribution is 5.98. The summed E-state index contributed by atoms with van der Waals surface area (Å²) in [6.45, 7) is 9.96.